The molecule has 8 nitrogen and oxygen atoms in total. The van der Waals surface area contributed by atoms with Gasteiger partial charge in [0, 0.05) is 25.0 Å². The van der Waals surface area contributed by atoms with Crippen molar-refractivity contribution in [1.82, 2.24) is 29.5 Å². The Morgan fingerprint density at radius 2 is 1.81 bits per heavy atom. The molecule has 0 unspecified atom stereocenters. The summed E-state index contributed by atoms with van der Waals surface area (Å²) < 4.78 is 3.79. The van der Waals surface area contributed by atoms with Crippen LogP contribution in [0.4, 0.5) is 5.69 Å². The second-order valence-corrected chi connectivity index (χ2v) is 8.06. The highest BCUT2D eigenvalue weighted by Crippen LogP contribution is 2.25. The molecule has 3 aromatic heterocycles. The van der Waals surface area contributed by atoms with E-state index in [4.69, 9.17) is 0 Å². The van der Waals surface area contributed by atoms with E-state index < -0.39 is 0 Å². The minimum absolute atomic E-state index is 0.107. The third-order valence-corrected chi connectivity index (χ3v) is 5.91. The molecule has 0 saturated carbocycles. The summed E-state index contributed by atoms with van der Waals surface area (Å²) in [4.78, 5) is 16.7. The van der Waals surface area contributed by atoms with Crippen LogP contribution in [-0.4, -0.2) is 41.2 Å². The van der Waals surface area contributed by atoms with E-state index in [1.807, 2.05) is 55.8 Å². The molecular formula is C22H23N7OS. The highest BCUT2D eigenvalue weighted by Gasteiger charge is 2.17. The molecule has 3 heterocycles. The van der Waals surface area contributed by atoms with Crippen LogP contribution < -0.4 is 5.32 Å². The summed E-state index contributed by atoms with van der Waals surface area (Å²) in [5.41, 5.74) is 4.53. The molecule has 0 aliphatic rings. The Bertz CT molecular complexity index is 1190. The lowest BCUT2D eigenvalue weighted by molar-refractivity contribution is -0.113. The van der Waals surface area contributed by atoms with Crippen LogP contribution in [0, 0.1) is 13.8 Å². The van der Waals surface area contributed by atoms with Crippen LogP contribution in [0.25, 0.3) is 11.4 Å². The Hall–Kier alpha value is -3.46. The van der Waals surface area contributed by atoms with Gasteiger partial charge >= 0.3 is 0 Å². The molecule has 0 radical (unpaired) electrons. The summed E-state index contributed by atoms with van der Waals surface area (Å²) in [5, 5.41) is 16.8. The molecule has 1 aromatic carbocycles. The molecule has 4 rings (SSSR count). The summed E-state index contributed by atoms with van der Waals surface area (Å²) in [6, 6.07) is 13.9. The number of benzene rings is 1. The fraction of sp³-hybridized carbons (Fsp3) is 0.227. The minimum atomic E-state index is -0.107. The van der Waals surface area contributed by atoms with Crippen molar-refractivity contribution in [2.45, 2.75) is 25.5 Å². The molecule has 0 saturated heterocycles. The number of carbonyl (C=O) groups excluding carboxylic acids is 1. The summed E-state index contributed by atoms with van der Waals surface area (Å²) in [7, 11) is 1.86. The lowest BCUT2D eigenvalue weighted by atomic mass is 10.2. The Kier molecular flexibility index (Phi) is 6.13. The zero-order valence-electron chi connectivity index (χ0n) is 17.6. The van der Waals surface area contributed by atoms with Gasteiger partial charge in [0.05, 0.1) is 29.4 Å². The van der Waals surface area contributed by atoms with Crippen molar-refractivity contribution in [3.05, 3.63) is 71.8 Å². The van der Waals surface area contributed by atoms with Crippen molar-refractivity contribution in [2.75, 3.05) is 11.1 Å². The van der Waals surface area contributed by atoms with Gasteiger partial charge in [0.25, 0.3) is 0 Å². The fourth-order valence-electron chi connectivity index (χ4n) is 3.28. The van der Waals surface area contributed by atoms with Gasteiger partial charge in [0.1, 0.15) is 0 Å². The van der Waals surface area contributed by atoms with Crippen LogP contribution in [-0.2, 0) is 18.4 Å². The van der Waals surface area contributed by atoms with Gasteiger partial charge < -0.3 is 5.32 Å². The van der Waals surface area contributed by atoms with E-state index in [2.05, 4.69) is 37.7 Å². The van der Waals surface area contributed by atoms with Gasteiger partial charge in [0.2, 0.25) is 5.91 Å². The fourth-order valence-corrected chi connectivity index (χ4v) is 4.02. The maximum atomic E-state index is 12.6. The first-order chi connectivity index (χ1) is 15.0. The van der Waals surface area contributed by atoms with Gasteiger partial charge in [-0.2, -0.15) is 5.10 Å². The standard InChI is InChI=1S/C22H23N7OS/c1-15-20(16(2)28(3)27-15)24-19(30)14-31-22-26-25-21(18-9-11-23-12-10-18)29(22)13-17-7-5-4-6-8-17/h4-12H,13-14H2,1-3H3,(H,24,30). The van der Waals surface area contributed by atoms with Crippen LogP contribution in [0.15, 0.2) is 60.0 Å². The van der Waals surface area contributed by atoms with Crippen LogP contribution in [0.2, 0.25) is 0 Å². The average molecular weight is 434 g/mol. The molecule has 0 aliphatic carbocycles. The first-order valence-electron chi connectivity index (χ1n) is 9.83. The van der Waals surface area contributed by atoms with Crippen LogP contribution in [0.1, 0.15) is 17.0 Å². The van der Waals surface area contributed by atoms with E-state index in [0.717, 1.165) is 34.0 Å². The third-order valence-electron chi connectivity index (χ3n) is 4.94. The molecule has 0 fully saturated rings. The van der Waals surface area contributed by atoms with Crippen LogP contribution in [0.3, 0.4) is 0 Å². The highest BCUT2D eigenvalue weighted by molar-refractivity contribution is 7.99. The van der Waals surface area contributed by atoms with Gasteiger partial charge in [-0.1, -0.05) is 42.1 Å². The van der Waals surface area contributed by atoms with Crippen molar-refractivity contribution in [1.29, 1.82) is 0 Å². The first kappa shape index (κ1) is 20.8. The average Bonchev–Trinajstić information content (AvgIpc) is 3.29. The monoisotopic (exact) mass is 433 g/mol. The molecule has 31 heavy (non-hydrogen) atoms. The normalized spacial score (nSPS) is 10.9. The maximum absolute atomic E-state index is 12.6. The lowest BCUT2D eigenvalue weighted by Gasteiger charge is -2.11. The largest absolute Gasteiger partial charge is 0.322 e. The third kappa shape index (κ3) is 4.66. The smallest absolute Gasteiger partial charge is 0.234 e. The number of thioether (sulfide) groups is 1. The zero-order valence-corrected chi connectivity index (χ0v) is 18.4. The molecule has 0 spiro atoms. The predicted octanol–water partition coefficient (Wildman–Crippen LogP) is 3.47. The van der Waals surface area contributed by atoms with E-state index in [1.54, 1.807) is 17.1 Å². The Morgan fingerprint density at radius 1 is 1.06 bits per heavy atom. The van der Waals surface area contributed by atoms with Gasteiger partial charge in [-0.05, 0) is 31.5 Å². The van der Waals surface area contributed by atoms with E-state index in [-0.39, 0.29) is 11.7 Å². The molecule has 158 valence electrons. The van der Waals surface area contributed by atoms with Gasteiger partial charge in [-0.15, -0.1) is 10.2 Å². The van der Waals surface area contributed by atoms with Crippen LogP contribution in [0.5, 0.6) is 0 Å². The second kappa shape index (κ2) is 9.13. The number of carbonyl (C=O) groups is 1. The summed E-state index contributed by atoms with van der Waals surface area (Å²) >= 11 is 1.36. The number of nitrogens with zero attached hydrogens (tertiary/aromatic N) is 6. The summed E-state index contributed by atoms with van der Waals surface area (Å²) in [6.07, 6.45) is 3.46. The van der Waals surface area contributed by atoms with Crippen molar-refractivity contribution in [3.63, 3.8) is 0 Å². The molecule has 0 aliphatic heterocycles. The molecule has 0 bridgehead atoms. The summed E-state index contributed by atoms with van der Waals surface area (Å²) in [5.74, 6) is 0.855. The Labute approximate surface area is 184 Å². The number of hydrogen-bond donors (Lipinski definition) is 1. The molecule has 4 aromatic rings. The van der Waals surface area contributed by atoms with E-state index in [1.165, 1.54) is 11.8 Å². The topological polar surface area (TPSA) is 90.5 Å². The van der Waals surface area contributed by atoms with Crippen molar-refractivity contribution in [3.8, 4) is 11.4 Å². The van der Waals surface area contributed by atoms with Gasteiger partial charge in [0.15, 0.2) is 11.0 Å². The molecular weight excluding hydrogens is 410 g/mol. The number of anilines is 1. The van der Waals surface area contributed by atoms with E-state index >= 15 is 0 Å². The quantitative estimate of drug-likeness (QED) is 0.449. The number of nitrogens with one attached hydrogen (secondary N) is 1. The number of hydrogen-bond acceptors (Lipinski definition) is 6. The van der Waals surface area contributed by atoms with Gasteiger partial charge in [-0.25, -0.2) is 0 Å². The number of aromatic nitrogens is 6. The van der Waals surface area contributed by atoms with Crippen molar-refractivity contribution >= 4 is 23.4 Å². The van der Waals surface area contributed by atoms with Crippen LogP contribution >= 0.6 is 11.8 Å². The first-order valence-corrected chi connectivity index (χ1v) is 10.8. The van der Waals surface area contributed by atoms with Crippen molar-refractivity contribution < 1.29 is 4.79 Å². The lowest BCUT2D eigenvalue weighted by Crippen LogP contribution is -2.16. The number of pyridine rings is 1. The zero-order chi connectivity index (χ0) is 21.8. The minimum Gasteiger partial charge on any atom is -0.322 e. The highest BCUT2D eigenvalue weighted by atomic mass is 32.2. The van der Waals surface area contributed by atoms with E-state index in [0.29, 0.717) is 11.7 Å². The van der Waals surface area contributed by atoms with Crippen molar-refractivity contribution in [2.24, 2.45) is 7.05 Å². The second-order valence-electron chi connectivity index (χ2n) is 7.12. The SMILES string of the molecule is Cc1nn(C)c(C)c1NC(=O)CSc1nnc(-c2ccncc2)n1Cc1ccccc1. The maximum Gasteiger partial charge on any atom is 0.234 e. The van der Waals surface area contributed by atoms with Gasteiger partial charge in [-0.3, -0.25) is 19.0 Å². The number of aryl methyl sites for hydroxylation is 2. The number of amides is 1. The molecule has 1 N–H and O–H groups in total. The Morgan fingerprint density at radius 3 is 2.48 bits per heavy atom. The predicted molar refractivity (Wildman–Crippen MR) is 121 cm³/mol. The molecule has 1 amide bonds. The molecule has 9 heteroatoms. The summed E-state index contributed by atoms with van der Waals surface area (Å²) in [6.45, 7) is 4.42. The molecule has 0 atom stereocenters. The Balaban J connectivity index is 1.55. The number of rotatable bonds is 7. The van der Waals surface area contributed by atoms with E-state index in [9.17, 15) is 4.79 Å².